The lowest BCUT2D eigenvalue weighted by molar-refractivity contribution is -0.115. The van der Waals surface area contributed by atoms with Crippen LogP contribution in [0.4, 0.5) is 18.3 Å². The smallest absolute Gasteiger partial charge is 0.454 e. The standard InChI is InChI=1S/C19H13F3N4O3S2/c20-19(21,22)26(18-23-11-13-30-18)31(27,28)16-9-4-8-15(25-12-5-10-24-25)17(16)29-14-6-2-1-3-7-14/h1-13H. The molecule has 2 aromatic carbocycles. The molecule has 4 rings (SSSR count). The van der Waals surface area contributed by atoms with Gasteiger partial charge in [-0.15, -0.1) is 28.8 Å². The first-order valence-electron chi connectivity index (χ1n) is 8.66. The van der Waals surface area contributed by atoms with Crippen molar-refractivity contribution in [2.75, 3.05) is 4.31 Å². The maximum atomic E-state index is 13.9. The van der Waals surface area contributed by atoms with E-state index in [9.17, 15) is 21.6 Å². The second kappa shape index (κ2) is 8.04. The Morgan fingerprint density at radius 2 is 1.77 bits per heavy atom. The van der Waals surface area contributed by atoms with Crippen molar-refractivity contribution in [3.8, 4) is 17.2 Å². The Balaban J connectivity index is 1.94. The van der Waals surface area contributed by atoms with Gasteiger partial charge in [0.15, 0.2) is 5.75 Å². The normalized spacial score (nSPS) is 12.0. The van der Waals surface area contributed by atoms with Crippen LogP contribution in [0.3, 0.4) is 0 Å². The van der Waals surface area contributed by atoms with Crippen LogP contribution in [0.15, 0.2) is 83.5 Å². The zero-order valence-electron chi connectivity index (χ0n) is 15.5. The molecule has 0 spiro atoms. The molecule has 12 heteroatoms. The van der Waals surface area contributed by atoms with E-state index in [-0.39, 0.29) is 17.2 Å². The lowest BCUT2D eigenvalue weighted by Crippen LogP contribution is -2.43. The predicted molar refractivity (Wildman–Crippen MR) is 108 cm³/mol. The largest absolute Gasteiger partial charge is 0.500 e. The minimum Gasteiger partial charge on any atom is -0.454 e. The van der Waals surface area contributed by atoms with Crippen molar-refractivity contribution >= 4 is 26.5 Å². The van der Waals surface area contributed by atoms with Crippen molar-refractivity contribution in [1.82, 2.24) is 14.8 Å². The van der Waals surface area contributed by atoms with Crippen molar-refractivity contribution < 1.29 is 26.3 Å². The molecule has 0 bridgehead atoms. The summed E-state index contributed by atoms with van der Waals surface area (Å²) < 4.78 is 74.5. The van der Waals surface area contributed by atoms with Crippen LogP contribution in [0.1, 0.15) is 0 Å². The number of halogens is 3. The highest BCUT2D eigenvalue weighted by atomic mass is 32.2. The fourth-order valence-corrected chi connectivity index (χ4v) is 5.11. The highest BCUT2D eigenvalue weighted by Gasteiger charge is 2.49. The minimum atomic E-state index is -5.25. The number of aromatic nitrogens is 3. The molecule has 0 aliphatic carbocycles. The van der Waals surface area contributed by atoms with Crippen molar-refractivity contribution in [1.29, 1.82) is 0 Å². The first kappa shape index (κ1) is 20.9. The Labute approximate surface area is 179 Å². The first-order valence-corrected chi connectivity index (χ1v) is 11.0. The molecule has 4 aromatic rings. The number of ether oxygens (including phenoxy) is 1. The van der Waals surface area contributed by atoms with Gasteiger partial charge in [-0.25, -0.2) is 18.1 Å². The van der Waals surface area contributed by atoms with Gasteiger partial charge in [0.1, 0.15) is 16.3 Å². The van der Waals surface area contributed by atoms with Crippen molar-refractivity contribution in [3.63, 3.8) is 0 Å². The third-order valence-corrected chi connectivity index (χ3v) is 6.62. The molecule has 0 saturated carbocycles. The molecule has 0 atom stereocenters. The second-order valence-corrected chi connectivity index (χ2v) is 8.65. The van der Waals surface area contributed by atoms with Crippen LogP contribution < -0.4 is 9.04 Å². The van der Waals surface area contributed by atoms with Gasteiger partial charge < -0.3 is 4.74 Å². The van der Waals surface area contributed by atoms with Crippen LogP contribution in [0.2, 0.25) is 0 Å². The number of nitrogens with zero attached hydrogens (tertiary/aromatic N) is 4. The summed E-state index contributed by atoms with van der Waals surface area (Å²) in [6.45, 7) is 0. The fourth-order valence-electron chi connectivity index (χ4n) is 2.77. The molecule has 31 heavy (non-hydrogen) atoms. The number of hydrogen-bond acceptors (Lipinski definition) is 6. The lowest BCUT2D eigenvalue weighted by atomic mass is 10.3. The molecule has 160 valence electrons. The van der Waals surface area contributed by atoms with Crippen molar-refractivity contribution in [2.45, 2.75) is 11.2 Å². The van der Waals surface area contributed by atoms with Crippen LogP contribution in [0.5, 0.6) is 11.5 Å². The number of anilines is 1. The molecule has 2 heterocycles. The highest BCUT2D eigenvalue weighted by Crippen LogP contribution is 2.41. The Morgan fingerprint density at radius 3 is 2.39 bits per heavy atom. The number of benzene rings is 2. The summed E-state index contributed by atoms with van der Waals surface area (Å²) in [6.07, 6.45) is -1.19. The molecule has 0 fully saturated rings. The second-order valence-electron chi connectivity index (χ2n) is 6.02. The van der Waals surface area contributed by atoms with Gasteiger partial charge in [-0.2, -0.15) is 5.10 Å². The Kier molecular flexibility index (Phi) is 5.41. The van der Waals surface area contributed by atoms with E-state index >= 15 is 0 Å². The van der Waals surface area contributed by atoms with Gasteiger partial charge >= 0.3 is 6.30 Å². The first-order chi connectivity index (χ1) is 14.8. The average Bonchev–Trinajstić information content (AvgIpc) is 3.42. The van der Waals surface area contributed by atoms with E-state index in [2.05, 4.69) is 10.1 Å². The molecular formula is C19H13F3N4O3S2. The van der Waals surface area contributed by atoms with Gasteiger partial charge in [0.2, 0.25) is 5.13 Å². The molecule has 0 radical (unpaired) electrons. The summed E-state index contributed by atoms with van der Waals surface area (Å²) in [5.41, 5.74) is 0.149. The molecule has 7 nitrogen and oxygen atoms in total. The van der Waals surface area contributed by atoms with Crippen LogP contribution in [0.25, 0.3) is 5.69 Å². The van der Waals surface area contributed by atoms with E-state index in [0.29, 0.717) is 11.3 Å². The van der Waals surface area contributed by atoms with E-state index in [1.54, 1.807) is 36.4 Å². The third kappa shape index (κ3) is 4.11. The van der Waals surface area contributed by atoms with Gasteiger partial charge in [-0.05, 0) is 30.3 Å². The summed E-state index contributed by atoms with van der Waals surface area (Å²) in [5, 5.41) is 4.57. The molecule has 2 aromatic heterocycles. The Hall–Kier alpha value is -3.38. The van der Waals surface area contributed by atoms with Crippen LogP contribution in [-0.4, -0.2) is 29.5 Å². The topological polar surface area (TPSA) is 77.3 Å². The number of thiazole rings is 1. The third-order valence-electron chi connectivity index (χ3n) is 4.01. The number of hydrogen-bond donors (Lipinski definition) is 0. The van der Waals surface area contributed by atoms with Crippen molar-refractivity contribution in [2.24, 2.45) is 0 Å². The van der Waals surface area contributed by atoms with Crippen LogP contribution in [-0.2, 0) is 10.0 Å². The predicted octanol–water partition coefficient (Wildman–Crippen LogP) is 4.84. The molecule has 0 aliphatic heterocycles. The maximum Gasteiger partial charge on any atom is 0.500 e. The van der Waals surface area contributed by atoms with E-state index in [0.717, 1.165) is 12.3 Å². The highest BCUT2D eigenvalue weighted by molar-refractivity contribution is 7.93. The van der Waals surface area contributed by atoms with Gasteiger partial charge in [0.25, 0.3) is 10.0 Å². The van der Waals surface area contributed by atoms with E-state index in [4.69, 9.17) is 4.74 Å². The molecule has 0 unspecified atom stereocenters. The van der Waals surface area contributed by atoms with E-state index in [1.165, 1.54) is 34.6 Å². The number of para-hydroxylation sites is 2. The molecule has 0 amide bonds. The molecule has 0 aliphatic rings. The van der Waals surface area contributed by atoms with E-state index in [1.807, 2.05) is 0 Å². The number of sulfonamides is 1. The van der Waals surface area contributed by atoms with Crippen LogP contribution >= 0.6 is 11.3 Å². The Bertz CT molecular complexity index is 1260. The summed E-state index contributed by atoms with van der Waals surface area (Å²) >= 11 is 0.549. The Morgan fingerprint density at radius 1 is 1.00 bits per heavy atom. The quantitative estimate of drug-likeness (QED) is 0.380. The van der Waals surface area contributed by atoms with Crippen LogP contribution in [0, 0.1) is 0 Å². The zero-order chi connectivity index (χ0) is 22.1. The summed E-state index contributed by atoms with van der Waals surface area (Å²) in [7, 11) is -5.16. The molecular weight excluding hydrogens is 453 g/mol. The lowest BCUT2D eigenvalue weighted by Gasteiger charge is -2.25. The molecule has 0 N–H and O–H groups in total. The summed E-state index contributed by atoms with van der Waals surface area (Å²) in [4.78, 5) is 2.86. The molecule has 0 saturated heterocycles. The van der Waals surface area contributed by atoms with Gasteiger partial charge in [-0.3, -0.25) is 0 Å². The van der Waals surface area contributed by atoms with Gasteiger partial charge in [0, 0.05) is 24.0 Å². The summed E-state index contributed by atoms with van der Waals surface area (Å²) in [5.74, 6) is -0.0606. The zero-order valence-corrected chi connectivity index (χ0v) is 17.1. The van der Waals surface area contributed by atoms with Crippen molar-refractivity contribution in [3.05, 3.63) is 78.6 Å². The van der Waals surface area contributed by atoms with E-state index < -0.39 is 30.7 Å². The van der Waals surface area contributed by atoms with Gasteiger partial charge in [-0.1, -0.05) is 24.3 Å². The van der Waals surface area contributed by atoms with Gasteiger partial charge in [0.05, 0.1) is 0 Å². The number of alkyl halides is 3. The SMILES string of the molecule is O=S(=O)(c1cccc(-n2cccn2)c1Oc1ccccc1)N(c1nccs1)C(F)(F)F. The minimum absolute atomic E-state index is 0.149. The summed E-state index contributed by atoms with van der Waals surface area (Å²) in [6, 6.07) is 13.6. The monoisotopic (exact) mass is 466 g/mol. The maximum absolute atomic E-state index is 13.9. The fraction of sp³-hybridized carbons (Fsp3) is 0.0526. The number of rotatable bonds is 6. The average molecular weight is 466 g/mol.